The lowest BCUT2D eigenvalue weighted by Crippen LogP contribution is -2.24. The van der Waals surface area contributed by atoms with Crippen LogP contribution < -0.4 is 5.32 Å². The Hall–Kier alpha value is -0.670. The molecule has 1 N–H and O–H groups in total. The summed E-state index contributed by atoms with van der Waals surface area (Å²) in [6.45, 7) is 8.75. The van der Waals surface area contributed by atoms with Gasteiger partial charge < -0.3 is 5.32 Å². The highest BCUT2D eigenvalue weighted by molar-refractivity contribution is 7.09. The van der Waals surface area contributed by atoms with Gasteiger partial charge in [-0.05, 0) is 20.3 Å². The molecular weight excluding hydrogens is 180 g/mol. The van der Waals surface area contributed by atoms with Crippen LogP contribution in [0.5, 0.6) is 0 Å². The lowest BCUT2D eigenvalue weighted by atomic mass is 10.2. The van der Waals surface area contributed by atoms with Gasteiger partial charge in [-0.3, -0.25) is 0 Å². The number of thiazole rings is 1. The normalized spacial score (nSPS) is 12.8. The molecule has 1 aromatic rings. The highest BCUT2D eigenvalue weighted by Gasteiger charge is 2.01. The Balaban J connectivity index is 2.30. The highest BCUT2D eigenvalue weighted by atomic mass is 32.1. The fourth-order valence-electron chi connectivity index (χ4n) is 1.08. The molecule has 0 fully saturated rings. The number of hydrogen-bond donors (Lipinski definition) is 1. The standard InChI is InChI=1S/C10H16N2S/c1-4-5-8(2)11-6-10-12-9(3)7-13-10/h4,7-8,11H,1,5-6H2,2-3H3. The Labute approximate surface area is 83.7 Å². The van der Waals surface area contributed by atoms with Crippen LogP contribution in [0.2, 0.25) is 0 Å². The fraction of sp³-hybridized carbons (Fsp3) is 0.500. The van der Waals surface area contributed by atoms with Crippen LogP contribution in [0.25, 0.3) is 0 Å². The van der Waals surface area contributed by atoms with Gasteiger partial charge in [0.25, 0.3) is 0 Å². The molecule has 1 atom stereocenters. The van der Waals surface area contributed by atoms with Gasteiger partial charge in [-0.2, -0.15) is 0 Å². The first-order valence-corrected chi connectivity index (χ1v) is 5.35. The Kier molecular flexibility index (Phi) is 4.12. The summed E-state index contributed by atoms with van der Waals surface area (Å²) in [5, 5.41) is 6.63. The molecule has 1 unspecified atom stereocenters. The van der Waals surface area contributed by atoms with Gasteiger partial charge in [-0.1, -0.05) is 6.08 Å². The van der Waals surface area contributed by atoms with Crippen molar-refractivity contribution in [3.8, 4) is 0 Å². The van der Waals surface area contributed by atoms with Crippen molar-refractivity contribution in [1.29, 1.82) is 0 Å². The number of aryl methyl sites for hydroxylation is 1. The van der Waals surface area contributed by atoms with Crippen LogP contribution in [-0.2, 0) is 6.54 Å². The van der Waals surface area contributed by atoms with Crippen LogP contribution in [0.3, 0.4) is 0 Å². The summed E-state index contributed by atoms with van der Waals surface area (Å²) < 4.78 is 0. The van der Waals surface area contributed by atoms with E-state index in [1.165, 1.54) is 0 Å². The molecule has 13 heavy (non-hydrogen) atoms. The summed E-state index contributed by atoms with van der Waals surface area (Å²) in [6, 6.07) is 0.488. The molecule has 2 nitrogen and oxygen atoms in total. The number of nitrogens with one attached hydrogen (secondary N) is 1. The van der Waals surface area contributed by atoms with Crippen LogP contribution >= 0.6 is 11.3 Å². The van der Waals surface area contributed by atoms with Crippen LogP contribution in [0.4, 0.5) is 0 Å². The molecular formula is C10H16N2S. The van der Waals surface area contributed by atoms with Gasteiger partial charge in [0, 0.05) is 23.7 Å². The van der Waals surface area contributed by atoms with Crippen molar-refractivity contribution in [2.24, 2.45) is 0 Å². The average Bonchev–Trinajstić information content (AvgIpc) is 2.49. The van der Waals surface area contributed by atoms with E-state index in [-0.39, 0.29) is 0 Å². The van der Waals surface area contributed by atoms with Crippen molar-refractivity contribution < 1.29 is 0 Å². The van der Waals surface area contributed by atoms with E-state index in [4.69, 9.17) is 0 Å². The van der Waals surface area contributed by atoms with Gasteiger partial charge in [-0.15, -0.1) is 17.9 Å². The fourth-order valence-corrected chi connectivity index (χ4v) is 1.80. The van der Waals surface area contributed by atoms with E-state index >= 15 is 0 Å². The van der Waals surface area contributed by atoms with Gasteiger partial charge in [0.05, 0.1) is 0 Å². The lowest BCUT2D eigenvalue weighted by molar-refractivity contribution is 0.552. The predicted octanol–water partition coefficient (Wildman–Crippen LogP) is 2.51. The van der Waals surface area contributed by atoms with Gasteiger partial charge in [0.15, 0.2) is 0 Å². The average molecular weight is 196 g/mol. The smallest absolute Gasteiger partial charge is 0.107 e. The van der Waals surface area contributed by atoms with Crippen molar-refractivity contribution in [3.05, 3.63) is 28.7 Å². The first-order chi connectivity index (χ1) is 6.22. The van der Waals surface area contributed by atoms with Gasteiger partial charge in [0.2, 0.25) is 0 Å². The van der Waals surface area contributed by atoms with Crippen molar-refractivity contribution in [2.45, 2.75) is 32.9 Å². The Bertz CT molecular complexity index is 268. The largest absolute Gasteiger partial charge is 0.308 e. The summed E-state index contributed by atoms with van der Waals surface area (Å²) >= 11 is 1.71. The second kappa shape index (κ2) is 5.14. The van der Waals surface area contributed by atoms with E-state index < -0.39 is 0 Å². The Morgan fingerprint density at radius 1 is 1.77 bits per heavy atom. The zero-order valence-electron chi connectivity index (χ0n) is 8.21. The summed E-state index contributed by atoms with van der Waals surface area (Å²) in [6.07, 6.45) is 2.94. The molecule has 0 bridgehead atoms. The van der Waals surface area contributed by atoms with E-state index in [0.717, 1.165) is 23.7 Å². The highest BCUT2D eigenvalue weighted by Crippen LogP contribution is 2.08. The van der Waals surface area contributed by atoms with Crippen molar-refractivity contribution in [3.63, 3.8) is 0 Å². The first-order valence-electron chi connectivity index (χ1n) is 4.47. The number of aromatic nitrogens is 1. The molecule has 0 aromatic carbocycles. The molecule has 0 aliphatic rings. The van der Waals surface area contributed by atoms with E-state index in [0.29, 0.717) is 6.04 Å². The molecule has 1 aromatic heterocycles. The molecule has 0 radical (unpaired) electrons. The molecule has 0 aliphatic carbocycles. The third-order valence-corrected chi connectivity index (χ3v) is 2.76. The van der Waals surface area contributed by atoms with Crippen LogP contribution in [0.1, 0.15) is 24.0 Å². The predicted molar refractivity (Wildman–Crippen MR) is 58.0 cm³/mol. The summed E-state index contributed by atoms with van der Waals surface area (Å²) in [4.78, 5) is 4.37. The maximum absolute atomic E-state index is 4.37. The lowest BCUT2D eigenvalue weighted by Gasteiger charge is -2.09. The SMILES string of the molecule is C=CCC(C)NCc1nc(C)cs1. The maximum Gasteiger partial charge on any atom is 0.107 e. The van der Waals surface area contributed by atoms with Gasteiger partial charge in [-0.25, -0.2) is 4.98 Å². The monoisotopic (exact) mass is 196 g/mol. The van der Waals surface area contributed by atoms with Crippen molar-refractivity contribution in [2.75, 3.05) is 0 Å². The minimum atomic E-state index is 0.488. The van der Waals surface area contributed by atoms with E-state index in [9.17, 15) is 0 Å². The molecule has 0 amide bonds. The summed E-state index contributed by atoms with van der Waals surface area (Å²) in [5.74, 6) is 0. The molecule has 1 heterocycles. The second-order valence-corrected chi connectivity index (χ2v) is 4.13. The van der Waals surface area contributed by atoms with Crippen molar-refractivity contribution >= 4 is 11.3 Å². The quantitative estimate of drug-likeness (QED) is 0.732. The molecule has 0 saturated heterocycles. The Morgan fingerprint density at radius 3 is 3.08 bits per heavy atom. The van der Waals surface area contributed by atoms with Crippen LogP contribution in [0, 0.1) is 6.92 Å². The molecule has 0 saturated carbocycles. The van der Waals surface area contributed by atoms with E-state index in [1.807, 2.05) is 13.0 Å². The van der Waals surface area contributed by atoms with Crippen LogP contribution in [0.15, 0.2) is 18.0 Å². The molecule has 0 aliphatic heterocycles. The summed E-state index contributed by atoms with van der Waals surface area (Å²) in [5.41, 5.74) is 1.11. The first kappa shape index (κ1) is 10.4. The third-order valence-electron chi connectivity index (χ3n) is 1.79. The maximum atomic E-state index is 4.37. The van der Waals surface area contributed by atoms with Crippen molar-refractivity contribution in [1.82, 2.24) is 10.3 Å². The minimum Gasteiger partial charge on any atom is -0.308 e. The minimum absolute atomic E-state index is 0.488. The van der Waals surface area contributed by atoms with E-state index in [2.05, 4.69) is 29.2 Å². The molecule has 0 spiro atoms. The number of rotatable bonds is 5. The molecule has 3 heteroatoms. The molecule has 72 valence electrons. The van der Waals surface area contributed by atoms with Gasteiger partial charge in [0.1, 0.15) is 5.01 Å². The molecule has 1 rings (SSSR count). The zero-order chi connectivity index (χ0) is 9.68. The van der Waals surface area contributed by atoms with Crippen LogP contribution in [-0.4, -0.2) is 11.0 Å². The number of nitrogens with zero attached hydrogens (tertiary/aromatic N) is 1. The zero-order valence-corrected chi connectivity index (χ0v) is 9.03. The summed E-state index contributed by atoms with van der Waals surface area (Å²) in [7, 11) is 0. The third kappa shape index (κ3) is 3.70. The topological polar surface area (TPSA) is 24.9 Å². The second-order valence-electron chi connectivity index (χ2n) is 3.19. The Morgan fingerprint density at radius 2 is 2.54 bits per heavy atom. The number of hydrogen-bond acceptors (Lipinski definition) is 3. The van der Waals surface area contributed by atoms with E-state index in [1.54, 1.807) is 11.3 Å². The van der Waals surface area contributed by atoms with Gasteiger partial charge >= 0.3 is 0 Å².